The van der Waals surface area contributed by atoms with Crippen LogP contribution in [0.1, 0.15) is 22.8 Å². The van der Waals surface area contributed by atoms with Gasteiger partial charge in [0.2, 0.25) is 0 Å². The van der Waals surface area contributed by atoms with Gasteiger partial charge < -0.3 is 10.4 Å². The minimum atomic E-state index is -0.691. The molecule has 0 spiro atoms. The van der Waals surface area contributed by atoms with Crippen molar-refractivity contribution in [3.05, 3.63) is 64.2 Å². The number of halogens is 1. The van der Waals surface area contributed by atoms with E-state index in [0.717, 1.165) is 5.56 Å². The van der Waals surface area contributed by atoms with Crippen molar-refractivity contribution in [1.82, 2.24) is 0 Å². The number of aliphatic hydroxyl groups excluding tert-OH is 1. The summed E-state index contributed by atoms with van der Waals surface area (Å²) in [4.78, 5) is 0. The van der Waals surface area contributed by atoms with Crippen molar-refractivity contribution in [3.63, 3.8) is 0 Å². The van der Waals surface area contributed by atoms with Crippen molar-refractivity contribution in [2.24, 2.45) is 0 Å². The van der Waals surface area contributed by atoms with Gasteiger partial charge in [0.05, 0.1) is 17.2 Å². The van der Waals surface area contributed by atoms with Crippen molar-refractivity contribution in [2.75, 3.05) is 11.9 Å². The molecule has 0 aliphatic rings. The summed E-state index contributed by atoms with van der Waals surface area (Å²) in [6.07, 6.45) is -0.691. The van der Waals surface area contributed by atoms with Crippen molar-refractivity contribution >= 4 is 17.3 Å². The van der Waals surface area contributed by atoms with Gasteiger partial charge in [-0.25, -0.2) is 0 Å². The number of nitrogens with one attached hydrogen (secondary N) is 1. The fourth-order valence-corrected chi connectivity index (χ4v) is 1.99. The molecule has 1 atom stereocenters. The van der Waals surface area contributed by atoms with Gasteiger partial charge in [-0.3, -0.25) is 0 Å². The quantitative estimate of drug-likeness (QED) is 0.908. The summed E-state index contributed by atoms with van der Waals surface area (Å²) in [5.41, 5.74) is 2.07. The highest BCUT2D eigenvalue weighted by molar-refractivity contribution is 6.30. The van der Waals surface area contributed by atoms with Crippen LogP contribution in [-0.4, -0.2) is 11.7 Å². The van der Waals surface area contributed by atoms with Crippen LogP contribution in [0.4, 0.5) is 5.69 Å². The first-order valence-corrected chi connectivity index (χ1v) is 6.63. The SMILES string of the molecule is N#Cc1ccc(NCC(O)c2ccc(Cl)cc2)cc1C#N. The third-order valence-corrected chi connectivity index (χ3v) is 3.27. The molecule has 0 aliphatic heterocycles. The molecule has 0 saturated carbocycles. The Morgan fingerprint density at radius 3 is 2.33 bits per heavy atom. The molecule has 2 rings (SSSR count). The van der Waals surface area contributed by atoms with Crippen molar-refractivity contribution in [2.45, 2.75) is 6.10 Å². The van der Waals surface area contributed by atoms with E-state index in [1.165, 1.54) is 0 Å². The average molecular weight is 298 g/mol. The molecule has 2 aromatic rings. The predicted octanol–water partition coefficient (Wildman–Crippen LogP) is 3.23. The van der Waals surface area contributed by atoms with Crippen LogP contribution in [0.2, 0.25) is 5.02 Å². The van der Waals surface area contributed by atoms with Gasteiger partial charge in [0, 0.05) is 17.3 Å². The molecule has 2 N–H and O–H groups in total. The van der Waals surface area contributed by atoms with Crippen LogP contribution >= 0.6 is 11.6 Å². The van der Waals surface area contributed by atoms with Gasteiger partial charge in [-0.15, -0.1) is 0 Å². The molecule has 0 fully saturated rings. The third-order valence-electron chi connectivity index (χ3n) is 3.01. The summed E-state index contributed by atoms with van der Waals surface area (Å²) in [7, 11) is 0. The summed E-state index contributed by atoms with van der Waals surface area (Å²) in [6, 6.07) is 15.8. The minimum Gasteiger partial charge on any atom is -0.387 e. The first-order chi connectivity index (χ1) is 10.1. The maximum atomic E-state index is 10.1. The average Bonchev–Trinajstić information content (AvgIpc) is 2.52. The van der Waals surface area contributed by atoms with E-state index in [2.05, 4.69) is 5.32 Å². The first-order valence-electron chi connectivity index (χ1n) is 6.25. The molecule has 0 aromatic heterocycles. The van der Waals surface area contributed by atoms with Crippen molar-refractivity contribution in [1.29, 1.82) is 10.5 Å². The van der Waals surface area contributed by atoms with E-state index in [1.54, 1.807) is 42.5 Å². The zero-order chi connectivity index (χ0) is 15.2. The van der Waals surface area contributed by atoms with Crippen LogP contribution in [0.3, 0.4) is 0 Å². The van der Waals surface area contributed by atoms with E-state index in [1.807, 2.05) is 12.1 Å². The second-order valence-electron chi connectivity index (χ2n) is 4.43. The molecule has 0 bridgehead atoms. The summed E-state index contributed by atoms with van der Waals surface area (Å²) in [6.45, 7) is 0.290. The molecule has 0 heterocycles. The zero-order valence-electron chi connectivity index (χ0n) is 11.0. The fraction of sp³-hybridized carbons (Fsp3) is 0.125. The number of hydrogen-bond donors (Lipinski definition) is 2. The molecule has 104 valence electrons. The van der Waals surface area contributed by atoms with Gasteiger partial charge in [0.1, 0.15) is 12.1 Å². The fourth-order valence-electron chi connectivity index (χ4n) is 1.86. The maximum absolute atomic E-state index is 10.1. The van der Waals surface area contributed by atoms with Crippen LogP contribution in [0.5, 0.6) is 0 Å². The summed E-state index contributed by atoms with van der Waals surface area (Å²) < 4.78 is 0. The Balaban J connectivity index is 2.05. The Bertz CT molecular complexity index is 714. The van der Waals surface area contributed by atoms with E-state index >= 15 is 0 Å². The highest BCUT2D eigenvalue weighted by atomic mass is 35.5. The van der Waals surface area contributed by atoms with Gasteiger partial charge in [-0.2, -0.15) is 10.5 Å². The Hall–Kier alpha value is -2.53. The van der Waals surface area contributed by atoms with Gasteiger partial charge in [0.15, 0.2) is 0 Å². The highest BCUT2D eigenvalue weighted by Gasteiger charge is 2.08. The van der Waals surface area contributed by atoms with Gasteiger partial charge >= 0.3 is 0 Å². The van der Waals surface area contributed by atoms with Gasteiger partial charge in [0.25, 0.3) is 0 Å². The summed E-state index contributed by atoms with van der Waals surface area (Å²) in [5.74, 6) is 0. The zero-order valence-corrected chi connectivity index (χ0v) is 11.8. The molecule has 0 saturated heterocycles. The molecule has 1 unspecified atom stereocenters. The largest absolute Gasteiger partial charge is 0.387 e. The minimum absolute atomic E-state index is 0.290. The second-order valence-corrected chi connectivity index (χ2v) is 4.87. The lowest BCUT2D eigenvalue weighted by atomic mass is 10.1. The molecular formula is C16H12ClN3O. The lowest BCUT2D eigenvalue weighted by Gasteiger charge is -2.13. The molecule has 2 aromatic carbocycles. The standard InChI is InChI=1S/C16H12ClN3O/c17-14-4-1-11(2-5-14)16(21)10-20-15-6-3-12(8-18)13(7-15)9-19/h1-7,16,20-21H,10H2. The number of rotatable bonds is 4. The third kappa shape index (κ3) is 3.73. The molecular weight excluding hydrogens is 286 g/mol. The number of anilines is 1. The Kier molecular flexibility index (Phi) is 4.79. The molecule has 5 heteroatoms. The van der Waals surface area contributed by atoms with E-state index < -0.39 is 6.10 Å². The van der Waals surface area contributed by atoms with Gasteiger partial charge in [-0.1, -0.05) is 23.7 Å². The second kappa shape index (κ2) is 6.76. The molecule has 0 amide bonds. The highest BCUT2D eigenvalue weighted by Crippen LogP contribution is 2.19. The van der Waals surface area contributed by atoms with Crippen LogP contribution in [-0.2, 0) is 0 Å². The summed E-state index contributed by atoms with van der Waals surface area (Å²) >= 11 is 5.80. The van der Waals surface area contributed by atoms with Crippen LogP contribution < -0.4 is 5.32 Å². The van der Waals surface area contributed by atoms with Crippen molar-refractivity contribution in [3.8, 4) is 12.1 Å². The molecule has 0 aliphatic carbocycles. The van der Waals surface area contributed by atoms with Crippen LogP contribution in [0, 0.1) is 22.7 Å². The van der Waals surface area contributed by atoms with E-state index in [9.17, 15) is 5.11 Å². The molecule has 4 nitrogen and oxygen atoms in total. The lowest BCUT2D eigenvalue weighted by Crippen LogP contribution is -2.12. The maximum Gasteiger partial charge on any atom is 0.101 e. The van der Waals surface area contributed by atoms with Crippen molar-refractivity contribution < 1.29 is 5.11 Å². The number of nitriles is 2. The first kappa shape index (κ1) is 14.9. The lowest BCUT2D eigenvalue weighted by molar-refractivity contribution is 0.191. The smallest absolute Gasteiger partial charge is 0.101 e. The molecule has 21 heavy (non-hydrogen) atoms. The van der Waals surface area contributed by atoms with Crippen LogP contribution in [0.25, 0.3) is 0 Å². The molecule has 0 radical (unpaired) electrons. The van der Waals surface area contributed by atoms with E-state index in [4.69, 9.17) is 22.1 Å². The Morgan fingerprint density at radius 2 is 1.71 bits per heavy atom. The van der Waals surface area contributed by atoms with E-state index in [-0.39, 0.29) is 0 Å². The number of benzene rings is 2. The number of nitrogens with zero attached hydrogens (tertiary/aromatic N) is 2. The number of hydrogen-bond acceptors (Lipinski definition) is 4. The predicted molar refractivity (Wildman–Crippen MR) is 80.8 cm³/mol. The van der Waals surface area contributed by atoms with Gasteiger partial charge in [-0.05, 0) is 35.9 Å². The number of aliphatic hydroxyl groups is 1. The van der Waals surface area contributed by atoms with Crippen LogP contribution in [0.15, 0.2) is 42.5 Å². The Morgan fingerprint density at radius 1 is 1.05 bits per heavy atom. The van der Waals surface area contributed by atoms with E-state index in [0.29, 0.717) is 28.4 Å². The topological polar surface area (TPSA) is 79.8 Å². The monoisotopic (exact) mass is 297 g/mol. The summed E-state index contributed by atoms with van der Waals surface area (Å²) in [5, 5.41) is 31.6. The normalized spacial score (nSPS) is 11.2. The Labute approximate surface area is 127 Å².